The maximum Gasteiger partial charge on any atom is 0.161 e. The molecule has 1 aliphatic heterocycles. The average Bonchev–Trinajstić information content (AvgIpc) is 2.68. The van der Waals surface area contributed by atoms with Crippen LogP contribution in [0.2, 0.25) is 0 Å². The van der Waals surface area contributed by atoms with Crippen LogP contribution in [-0.2, 0) is 14.9 Å². The summed E-state index contributed by atoms with van der Waals surface area (Å²) in [5, 5.41) is 10.1. The number of rotatable bonds is 9. The van der Waals surface area contributed by atoms with E-state index in [0.717, 1.165) is 44.3 Å². The Hall–Kier alpha value is -1.77. The van der Waals surface area contributed by atoms with Gasteiger partial charge in [0.05, 0.1) is 25.7 Å². The van der Waals surface area contributed by atoms with Crippen molar-refractivity contribution >= 4 is 0 Å². The van der Waals surface area contributed by atoms with Crippen LogP contribution in [0.1, 0.15) is 51.5 Å². The molecule has 0 radical (unpaired) electrons. The lowest BCUT2D eigenvalue weighted by Gasteiger charge is -2.32. The largest absolute Gasteiger partial charge is 0.493 e. The van der Waals surface area contributed by atoms with E-state index >= 15 is 0 Å². The van der Waals surface area contributed by atoms with Gasteiger partial charge in [-0.25, -0.2) is 0 Å². The molecule has 2 atom stereocenters. The van der Waals surface area contributed by atoms with Crippen molar-refractivity contribution in [3.05, 3.63) is 23.8 Å². The van der Waals surface area contributed by atoms with Crippen molar-refractivity contribution in [1.29, 1.82) is 5.26 Å². The molecular formula is C21H31NO4. The van der Waals surface area contributed by atoms with Crippen molar-refractivity contribution in [1.82, 2.24) is 0 Å². The first-order valence-electron chi connectivity index (χ1n) is 9.44. The summed E-state index contributed by atoms with van der Waals surface area (Å²) in [6.07, 6.45) is 4.68. The van der Waals surface area contributed by atoms with Crippen LogP contribution in [0.3, 0.4) is 0 Å². The molecule has 0 aliphatic carbocycles. The minimum Gasteiger partial charge on any atom is -0.493 e. The topological polar surface area (TPSA) is 60.7 Å². The standard InChI is InChI=1S/C21H31NO4/c1-16(2)21(15-22,11-7-13-26-20-8-5-6-12-25-20)17-9-10-18(23-3)19(14-17)24-4/h9-10,14,16,20H,5-8,11-13H2,1-4H3. The molecule has 0 spiro atoms. The molecule has 1 aliphatic rings. The molecule has 0 bridgehead atoms. The van der Waals surface area contributed by atoms with Gasteiger partial charge < -0.3 is 18.9 Å². The van der Waals surface area contributed by atoms with Crippen molar-refractivity contribution in [2.24, 2.45) is 5.92 Å². The second-order valence-corrected chi connectivity index (χ2v) is 7.08. The fourth-order valence-electron chi connectivity index (χ4n) is 3.54. The third-order valence-electron chi connectivity index (χ3n) is 5.24. The molecule has 1 fully saturated rings. The smallest absolute Gasteiger partial charge is 0.161 e. The predicted octanol–water partition coefficient (Wildman–Crippen LogP) is 4.44. The second-order valence-electron chi connectivity index (χ2n) is 7.08. The van der Waals surface area contributed by atoms with Gasteiger partial charge in [-0.05, 0) is 55.7 Å². The Morgan fingerprint density at radius 3 is 2.58 bits per heavy atom. The highest BCUT2D eigenvalue weighted by atomic mass is 16.7. The fourth-order valence-corrected chi connectivity index (χ4v) is 3.54. The van der Waals surface area contributed by atoms with E-state index in [0.29, 0.717) is 18.1 Å². The molecule has 0 aromatic heterocycles. The van der Waals surface area contributed by atoms with E-state index < -0.39 is 5.41 Å². The summed E-state index contributed by atoms with van der Waals surface area (Å²) in [5.74, 6) is 1.48. The maximum absolute atomic E-state index is 10.1. The zero-order valence-corrected chi connectivity index (χ0v) is 16.4. The lowest BCUT2D eigenvalue weighted by atomic mass is 9.70. The van der Waals surface area contributed by atoms with Gasteiger partial charge in [-0.15, -0.1) is 0 Å². The van der Waals surface area contributed by atoms with Crippen LogP contribution in [0.25, 0.3) is 0 Å². The molecular weight excluding hydrogens is 330 g/mol. The van der Waals surface area contributed by atoms with Gasteiger partial charge in [-0.2, -0.15) is 5.26 Å². The monoisotopic (exact) mass is 361 g/mol. The van der Waals surface area contributed by atoms with Crippen LogP contribution in [0.5, 0.6) is 11.5 Å². The highest BCUT2D eigenvalue weighted by Gasteiger charge is 2.36. The Balaban J connectivity index is 2.08. The van der Waals surface area contributed by atoms with E-state index in [9.17, 15) is 5.26 Å². The van der Waals surface area contributed by atoms with Gasteiger partial charge in [0.1, 0.15) is 0 Å². The minimum absolute atomic E-state index is 0.0830. The molecule has 2 unspecified atom stereocenters. The summed E-state index contributed by atoms with van der Waals surface area (Å²) in [7, 11) is 3.23. The van der Waals surface area contributed by atoms with Crippen LogP contribution in [0.4, 0.5) is 0 Å². The zero-order chi connectivity index (χ0) is 19.0. The normalized spacial score (nSPS) is 19.6. The Morgan fingerprint density at radius 2 is 2.00 bits per heavy atom. The van der Waals surface area contributed by atoms with Gasteiger partial charge in [0, 0.05) is 13.2 Å². The van der Waals surface area contributed by atoms with Gasteiger partial charge in [0.25, 0.3) is 0 Å². The number of benzene rings is 1. The molecule has 1 aromatic carbocycles. The van der Waals surface area contributed by atoms with E-state index in [1.165, 1.54) is 0 Å². The number of hydrogen-bond acceptors (Lipinski definition) is 5. The van der Waals surface area contributed by atoms with Gasteiger partial charge in [0.15, 0.2) is 17.8 Å². The van der Waals surface area contributed by atoms with E-state index in [1.807, 2.05) is 18.2 Å². The highest BCUT2D eigenvalue weighted by Crippen LogP contribution is 2.40. The number of nitriles is 1. The molecule has 5 nitrogen and oxygen atoms in total. The molecule has 1 heterocycles. The summed E-state index contributed by atoms with van der Waals surface area (Å²) < 4.78 is 22.2. The van der Waals surface area contributed by atoms with Gasteiger partial charge in [0.2, 0.25) is 0 Å². The van der Waals surface area contributed by atoms with E-state index in [1.54, 1.807) is 14.2 Å². The van der Waals surface area contributed by atoms with E-state index in [2.05, 4.69) is 19.9 Å². The zero-order valence-electron chi connectivity index (χ0n) is 16.4. The van der Waals surface area contributed by atoms with E-state index in [-0.39, 0.29) is 12.2 Å². The molecule has 0 N–H and O–H groups in total. The Kier molecular flexibility index (Phi) is 7.74. The highest BCUT2D eigenvalue weighted by molar-refractivity contribution is 5.47. The predicted molar refractivity (Wildman–Crippen MR) is 100 cm³/mol. The lowest BCUT2D eigenvalue weighted by molar-refractivity contribution is -0.163. The molecule has 26 heavy (non-hydrogen) atoms. The number of hydrogen-bond donors (Lipinski definition) is 0. The SMILES string of the molecule is COc1ccc(C(C#N)(CCCOC2CCCCO2)C(C)C)cc1OC. The number of ether oxygens (including phenoxy) is 4. The molecule has 5 heteroatoms. The lowest BCUT2D eigenvalue weighted by Crippen LogP contribution is -2.31. The van der Waals surface area contributed by atoms with E-state index in [4.69, 9.17) is 18.9 Å². The van der Waals surface area contributed by atoms with Crippen molar-refractivity contribution in [2.45, 2.75) is 57.7 Å². The summed E-state index contributed by atoms with van der Waals surface area (Å²) in [6, 6.07) is 8.34. The Labute approximate surface area is 157 Å². The Morgan fingerprint density at radius 1 is 1.23 bits per heavy atom. The molecule has 1 saturated heterocycles. The summed E-state index contributed by atoms with van der Waals surface area (Å²) in [6.45, 7) is 5.56. The third kappa shape index (κ3) is 4.69. The van der Waals surface area contributed by atoms with Crippen LogP contribution in [-0.4, -0.2) is 33.7 Å². The van der Waals surface area contributed by atoms with Crippen LogP contribution < -0.4 is 9.47 Å². The first kappa shape index (κ1) is 20.5. The van der Waals surface area contributed by atoms with Crippen molar-refractivity contribution < 1.29 is 18.9 Å². The molecule has 1 aromatic rings. The summed E-state index contributed by atoms with van der Waals surface area (Å²) >= 11 is 0. The van der Waals surface area contributed by atoms with Crippen molar-refractivity contribution in [3.8, 4) is 17.6 Å². The first-order chi connectivity index (χ1) is 12.6. The third-order valence-corrected chi connectivity index (χ3v) is 5.24. The molecule has 144 valence electrons. The number of methoxy groups -OCH3 is 2. The molecule has 2 rings (SSSR count). The molecule has 0 amide bonds. The Bertz CT molecular complexity index is 605. The van der Waals surface area contributed by atoms with Crippen LogP contribution >= 0.6 is 0 Å². The van der Waals surface area contributed by atoms with Crippen molar-refractivity contribution in [3.63, 3.8) is 0 Å². The minimum atomic E-state index is -0.587. The second kappa shape index (κ2) is 9.80. The number of nitrogens with zero attached hydrogens (tertiary/aromatic N) is 1. The fraction of sp³-hybridized carbons (Fsp3) is 0.667. The van der Waals surface area contributed by atoms with Gasteiger partial charge in [-0.3, -0.25) is 0 Å². The average molecular weight is 361 g/mol. The van der Waals surface area contributed by atoms with Gasteiger partial charge >= 0.3 is 0 Å². The summed E-state index contributed by atoms with van der Waals surface area (Å²) in [4.78, 5) is 0. The molecule has 0 saturated carbocycles. The van der Waals surface area contributed by atoms with Crippen molar-refractivity contribution in [2.75, 3.05) is 27.4 Å². The summed E-state index contributed by atoms with van der Waals surface area (Å²) in [5.41, 5.74) is 0.373. The van der Waals surface area contributed by atoms with Crippen LogP contribution in [0, 0.1) is 17.2 Å². The first-order valence-corrected chi connectivity index (χ1v) is 9.44. The quantitative estimate of drug-likeness (QED) is 0.608. The maximum atomic E-state index is 10.1. The van der Waals surface area contributed by atoms with Crippen LogP contribution in [0.15, 0.2) is 18.2 Å². The van der Waals surface area contributed by atoms with Gasteiger partial charge in [-0.1, -0.05) is 19.9 Å².